The van der Waals surface area contributed by atoms with Gasteiger partial charge in [-0.25, -0.2) is 4.39 Å². The fourth-order valence-electron chi connectivity index (χ4n) is 3.41. The average molecular weight is 233 g/mol. The minimum Gasteiger partial charge on any atom is -0.384 e. The Kier molecular flexibility index (Phi) is 3.04. The molecule has 1 aromatic carbocycles. The SMILES string of the molecule is Fc1ccc2c(c1)C(CC1CCCCC1)CN2. The Morgan fingerprint density at radius 2 is 2.00 bits per heavy atom. The van der Waals surface area contributed by atoms with Gasteiger partial charge in [-0.3, -0.25) is 0 Å². The summed E-state index contributed by atoms with van der Waals surface area (Å²) in [5, 5.41) is 3.40. The van der Waals surface area contributed by atoms with Gasteiger partial charge in [-0.1, -0.05) is 32.1 Å². The maximum atomic E-state index is 13.3. The van der Waals surface area contributed by atoms with Gasteiger partial charge >= 0.3 is 0 Å². The monoisotopic (exact) mass is 233 g/mol. The van der Waals surface area contributed by atoms with Crippen LogP contribution in [0, 0.1) is 11.7 Å². The molecule has 0 aromatic heterocycles. The summed E-state index contributed by atoms with van der Waals surface area (Å²) in [6, 6.07) is 5.16. The second kappa shape index (κ2) is 4.67. The van der Waals surface area contributed by atoms with Crippen LogP contribution in [0.1, 0.15) is 50.0 Å². The van der Waals surface area contributed by atoms with E-state index in [4.69, 9.17) is 0 Å². The van der Waals surface area contributed by atoms with E-state index in [0.717, 1.165) is 18.2 Å². The number of nitrogens with one attached hydrogen (secondary N) is 1. The molecule has 0 spiro atoms. The summed E-state index contributed by atoms with van der Waals surface area (Å²) >= 11 is 0. The highest BCUT2D eigenvalue weighted by atomic mass is 19.1. The van der Waals surface area contributed by atoms with Crippen molar-refractivity contribution in [2.24, 2.45) is 5.92 Å². The maximum absolute atomic E-state index is 13.3. The fraction of sp³-hybridized carbons (Fsp3) is 0.600. The number of fused-ring (bicyclic) bond motifs is 1. The molecule has 0 radical (unpaired) electrons. The van der Waals surface area contributed by atoms with E-state index in [0.29, 0.717) is 5.92 Å². The lowest BCUT2D eigenvalue weighted by Gasteiger charge is -2.24. The van der Waals surface area contributed by atoms with Crippen LogP contribution in [0.3, 0.4) is 0 Å². The first-order chi connectivity index (χ1) is 8.33. The first-order valence-electron chi connectivity index (χ1n) is 6.86. The summed E-state index contributed by atoms with van der Waals surface area (Å²) in [7, 11) is 0. The molecule has 1 atom stereocenters. The lowest BCUT2D eigenvalue weighted by atomic mass is 9.81. The van der Waals surface area contributed by atoms with Crippen molar-refractivity contribution in [3.05, 3.63) is 29.6 Å². The Bertz CT molecular complexity index is 396. The van der Waals surface area contributed by atoms with Gasteiger partial charge in [0.05, 0.1) is 0 Å². The number of anilines is 1. The van der Waals surface area contributed by atoms with Crippen molar-refractivity contribution in [1.29, 1.82) is 0 Å². The molecular formula is C15H20FN. The average Bonchev–Trinajstić information content (AvgIpc) is 2.73. The second-order valence-corrected chi connectivity index (χ2v) is 5.55. The zero-order valence-electron chi connectivity index (χ0n) is 10.2. The van der Waals surface area contributed by atoms with Gasteiger partial charge < -0.3 is 5.32 Å². The molecule has 1 fully saturated rings. The normalized spacial score (nSPS) is 24.4. The molecular weight excluding hydrogens is 213 g/mol. The summed E-state index contributed by atoms with van der Waals surface area (Å²) in [4.78, 5) is 0. The Morgan fingerprint density at radius 1 is 1.18 bits per heavy atom. The second-order valence-electron chi connectivity index (χ2n) is 5.55. The number of halogens is 1. The van der Waals surface area contributed by atoms with Crippen LogP contribution in [0.2, 0.25) is 0 Å². The van der Waals surface area contributed by atoms with E-state index >= 15 is 0 Å². The molecule has 17 heavy (non-hydrogen) atoms. The summed E-state index contributed by atoms with van der Waals surface area (Å²) in [6.45, 7) is 0.995. The highest BCUT2D eigenvalue weighted by molar-refractivity contribution is 5.57. The molecule has 1 heterocycles. The van der Waals surface area contributed by atoms with Crippen LogP contribution in [0.5, 0.6) is 0 Å². The molecule has 1 saturated carbocycles. The first-order valence-corrected chi connectivity index (χ1v) is 6.86. The van der Waals surface area contributed by atoms with E-state index in [1.54, 1.807) is 12.1 Å². The Hall–Kier alpha value is -1.05. The molecule has 1 aliphatic heterocycles. The lowest BCUT2D eigenvalue weighted by Crippen LogP contribution is -2.12. The number of rotatable bonds is 2. The molecule has 2 heteroatoms. The molecule has 0 amide bonds. The summed E-state index contributed by atoms with van der Waals surface area (Å²) in [5.41, 5.74) is 2.35. The van der Waals surface area contributed by atoms with E-state index in [-0.39, 0.29) is 5.82 Å². The largest absolute Gasteiger partial charge is 0.384 e. The van der Waals surface area contributed by atoms with E-state index in [2.05, 4.69) is 5.32 Å². The van der Waals surface area contributed by atoms with Crippen molar-refractivity contribution in [2.45, 2.75) is 44.4 Å². The fourth-order valence-corrected chi connectivity index (χ4v) is 3.41. The van der Waals surface area contributed by atoms with E-state index in [1.807, 2.05) is 6.07 Å². The first kappa shape index (κ1) is 11.1. The van der Waals surface area contributed by atoms with Crippen LogP contribution in [-0.4, -0.2) is 6.54 Å². The van der Waals surface area contributed by atoms with E-state index in [1.165, 1.54) is 44.1 Å². The Morgan fingerprint density at radius 3 is 2.82 bits per heavy atom. The van der Waals surface area contributed by atoms with Gasteiger partial charge in [0.25, 0.3) is 0 Å². The number of hydrogen-bond acceptors (Lipinski definition) is 1. The minimum absolute atomic E-state index is 0.0962. The van der Waals surface area contributed by atoms with Gasteiger partial charge in [-0.2, -0.15) is 0 Å². The van der Waals surface area contributed by atoms with Crippen molar-refractivity contribution in [3.63, 3.8) is 0 Å². The van der Waals surface area contributed by atoms with Crippen molar-refractivity contribution >= 4 is 5.69 Å². The van der Waals surface area contributed by atoms with Crippen molar-refractivity contribution < 1.29 is 4.39 Å². The number of hydrogen-bond donors (Lipinski definition) is 1. The quantitative estimate of drug-likeness (QED) is 0.802. The maximum Gasteiger partial charge on any atom is 0.123 e. The molecule has 1 nitrogen and oxygen atoms in total. The Labute approximate surface area is 102 Å². The van der Waals surface area contributed by atoms with Crippen molar-refractivity contribution in [1.82, 2.24) is 0 Å². The molecule has 1 aliphatic carbocycles. The minimum atomic E-state index is -0.0962. The molecule has 1 unspecified atom stereocenters. The zero-order valence-corrected chi connectivity index (χ0v) is 10.2. The predicted molar refractivity (Wildman–Crippen MR) is 68.8 cm³/mol. The van der Waals surface area contributed by atoms with Gasteiger partial charge in [-0.15, -0.1) is 0 Å². The molecule has 3 rings (SSSR count). The number of benzene rings is 1. The van der Waals surface area contributed by atoms with Gasteiger partial charge in [0.2, 0.25) is 0 Å². The highest BCUT2D eigenvalue weighted by Crippen LogP contribution is 2.39. The van der Waals surface area contributed by atoms with Gasteiger partial charge in [0.1, 0.15) is 5.82 Å². The topological polar surface area (TPSA) is 12.0 Å². The zero-order chi connectivity index (χ0) is 11.7. The van der Waals surface area contributed by atoms with Crippen LogP contribution < -0.4 is 5.32 Å². The highest BCUT2D eigenvalue weighted by Gasteiger charge is 2.26. The molecule has 0 saturated heterocycles. The molecule has 1 aromatic rings. The lowest BCUT2D eigenvalue weighted by molar-refractivity contribution is 0.322. The van der Waals surface area contributed by atoms with Gasteiger partial charge in [0.15, 0.2) is 0 Å². The van der Waals surface area contributed by atoms with Crippen LogP contribution in [0.4, 0.5) is 10.1 Å². The Balaban J connectivity index is 1.72. The predicted octanol–water partition coefficient (Wildman–Crippen LogP) is 4.31. The van der Waals surface area contributed by atoms with Crippen molar-refractivity contribution in [2.75, 3.05) is 11.9 Å². The summed E-state index contributed by atoms with van der Waals surface area (Å²) < 4.78 is 13.3. The van der Waals surface area contributed by atoms with Crippen LogP contribution >= 0.6 is 0 Å². The van der Waals surface area contributed by atoms with Crippen LogP contribution in [-0.2, 0) is 0 Å². The summed E-state index contributed by atoms with van der Waals surface area (Å²) in [6.07, 6.45) is 8.18. The van der Waals surface area contributed by atoms with Gasteiger partial charge in [-0.05, 0) is 36.1 Å². The van der Waals surface area contributed by atoms with Crippen LogP contribution in [0.15, 0.2) is 18.2 Å². The molecule has 92 valence electrons. The third-order valence-corrected chi connectivity index (χ3v) is 4.33. The van der Waals surface area contributed by atoms with E-state index < -0.39 is 0 Å². The molecule has 2 aliphatic rings. The smallest absolute Gasteiger partial charge is 0.123 e. The molecule has 1 N–H and O–H groups in total. The summed E-state index contributed by atoms with van der Waals surface area (Å²) in [5.74, 6) is 1.30. The third kappa shape index (κ3) is 2.31. The van der Waals surface area contributed by atoms with Gasteiger partial charge in [0, 0.05) is 18.2 Å². The third-order valence-electron chi connectivity index (χ3n) is 4.33. The van der Waals surface area contributed by atoms with E-state index in [9.17, 15) is 4.39 Å². The van der Waals surface area contributed by atoms with Crippen molar-refractivity contribution in [3.8, 4) is 0 Å². The van der Waals surface area contributed by atoms with Crippen LogP contribution in [0.25, 0.3) is 0 Å². The molecule has 0 bridgehead atoms. The standard InChI is InChI=1S/C15H20FN/c16-13-6-7-15-14(9-13)12(10-17-15)8-11-4-2-1-3-5-11/h6-7,9,11-12,17H,1-5,8,10H2.